The molecule has 1 aliphatic rings. The maximum absolute atomic E-state index is 6.44. The fourth-order valence-corrected chi connectivity index (χ4v) is 3.07. The van der Waals surface area contributed by atoms with Gasteiger partial charge in [0, 0.05) is 11.6 Å². The summed E-state index contributed by atoms with van der Waals surface area (Å²) in [5, 5.41) is 4.28. The van der Waals surface area contributed by atoms with E-state index in [0.29, 0.717) is 6.10 Å². The molecule has 118 valence electrons. The van der Waals surface area contributed by atoms with Crippen LogP contribution in [0.2, 0.25) is 5.02 Å². The summed E-state index contributed by atoms with van der Waals surface area (Å²) in [7, 11) is 0. The van der Waals surface area contributed by atoms with Gasteiger partial charge >= 0.3 is 0 Å². The maximum Gasteiger partial charge on any atom is 0.0952 e. The summed E-state index contributed by atoms with van der Waals surface area (Å²) in [4.78, 5) is 0. The second kappa shape index (κ2) is 9.45. The number of benzene rings is 1. The molecule has 0 saturated heterocycles. The minimum absolute atomic E-state index is 0.136. The van der Waals surface area contributed by atoms with Crippen molar-refractivity contribution in [2.24, 2.45) is 0 Å². The molecule has 1 saturated carbocycles. The molecule has 2 rings (SSSR count). The molecule has 0 radical (unpaired) electrons. The first kappa shape index (κ1) is 16.8. The van der Waals surface area contributed by atoms with Crippen molar-refractivity contribution in [3.05, 3.63) is 34.9 Å². The minimum Gasteiger partial charge on any atom is -0.369 e. The van der Waals surface area contributed by atoms with Crippen LogP contribution in [0.5, 0.6) is 0 Å². The Balaban J connectivity index is 1.98. The lowest BCUT2D eigenvalue weighted by atomic mass is 10.1. The second-order valence-corrected chi connectivity index (χ2v) is 6.43. The summed E-state index contributed by atoms with van der Waals surface area (Å²) in [5.74, 6) is 0. The van der Waals surface area contributed by atoms with Gasteiger partial charge in [0.05, 0.1) is 12.2 Å². The van der Waals surface area contributed by atoms with Gasteiger partial charge in [-0.1, -0.05) is 56.3 Å². The van der Waals surface area contributed by atoms with Gasteiger partial charge in [-0.25, -0.2) is 0 Å². The van der Waals surface area contributed by atoms with Crippen LogP contribution in [0.15, 0.2) is 24.3 Å². The summed E-state index contributed by atoms with van der Waals surface area (Å²) in [6.07, 6.45) is 9.44. The molecule has 1 unspecified atom stereocenters. The van der Waals surface area contributed by atoms with E-state index >= 15 is 0 Å². The molecular weight excluding hydrogens is 282 g/mol. The first-order valence-corrected chi connectivity index (χ1v) is 8.79. The van der Waals surface area contributed by atoms with Gasteiger partial charge in [-0.2, -0.15) is 0 Å². The van der Waals surface area contributed by atoms with E-state index in [1.54, 1.807) is 0 Å². The Labute approximate surface area is 134 Å². The molecule has 3 heteroatoms. The van der Waals surface area contributed by atoms with E-state index in [1.165, 1.54) is 44.1 Å². The highest BCUT2D eigenvalue weighted by atomic mass is 35.5. The average molecular weight is 310 g/mol. The van der Waals surface area contributed by atoms with Gasteiger partial charge in [-0.05, 0) is 43.5 Å². The number of hydrogen-bond acceptors (Lipinski definition) is 2. The molecule has 21 heavy (non-hydrogen) atoms. The summed E-state index contributed by atoms with van der Waals surface area (Å²) >= 11 is 6.00. The van der Waals surface area contributed by atoms with Crippen LogP contribution in [0.25, 0.3) is 0 Å². The lowest BCUT2D eigenvalue weighted by molar-refractivity contribution is -0.0200. The zero-order chi connectivity index (χ0) is 14.9. The summed E-state index contributed by atoms with van der Waals surface area (Å²) in [6.45, 7) is 4.11. The van der Waals surface area contributed by atoms with Crippen molar-refractivity contribution in [1.29, 1.82) is 0 Å². The van der Waals surface area contributed by atoms with Gasteiger partial charge in [0.25, 0.3) is 0 Å². The van der Waals surface area contributed by atoms with Crippen molar-refractivity contribution in [3.63, 3.8) is 0 Å². The van der Waals surface area contributed by atoms with Gasteiger partial charge in [-0.15, -0.1) is 0 Å². The Morgan fingerprint density at radius 2 is 1.81 bits per heavy atom. The molecule has 0 spiro atoms. The third-order valence-electron chi connectivity index (χ3n) is 4.16. The molecule has 0 aliphatic heterocycles. The third-order valence-corrected chi connectivity index (χ3v) is 4.41. The van der Waals surface area contributed by atoms with Gasteiger partial charge in [0.2, 0.25) is 0 Å². The van der Waals surface area contributed by atoms with Crippen LogP contribution in [0.4, 0.5) is 0 Å². The third kappa shape index (κ3) is 5.98. The van der Waals surface area contributed by atoms with E-state index in [-0.39, 0.29) is 6.10 Å². The highest BCUT2D eigenvalue weighted by molar-refractivity contribution is 6.30. The van der Waals surface area contributed by atoms with Gasteiger partial charge < -0.3 is 10.1 Å². The van der Waals surface area contributed by atoms with E-state index in [0.717, 1.165) is 24.5 Å². The first-order valence-electron chi connectivity index (χ1n) is 8.41. The molecule has 0 amide bonds. The molecule has 1 aromatic rings. The lowest BCUT2D eigenvalue weighted by Gasteiger charge is -2.25. The molecule has 2 nitrogen and oxygen atoms in total. The Hall–Kier alpha value is -0.570. The van der Waals surface area contributed by atoms with Crippen LogP contribution in [-0.2, 0) is 4.74 Å². The number of ether oxygens (including phenoxy) is 1. The molecule has 0 bridgehead atoms. The van der Waals surface area contributed by atoms with Crippen molar-refractivity contribution >= 4 is 11.6 Å². The van der Waals surface area contributed by atoms with Crippen molar-refractivity contribution in [2.75, 3.05) is 13.1 Å². The normalized spacial score (nSPS) is 18.4. The average Bonchev–Trinajstić information content (AvgIpc) is 2.76. The molecule has 0 heterocycles. The topological polar surface area (TPSA) is 21.3 Å². The van der Waals surface area contributed by atoms with E-state index in [2.05, 4.69) is 24.4 Å². The van der Waals surface area contributed by atoms with Crippen LogP contribution in [0.3, 0.4) is 0 Å². The molecular formula is C18H28ClNO. The molecule has 1 fully saturated rings. The monoisotopic (exact) mass is 309 g/mol. The SMILES string of the molecule is CCCNCC(OC1CCCCCC1)c1ccc(Cl)cc1. The van der Waals surface area contributed by atoms with Gasteiger partial charge in [0.1, 0.15) is 0 Å². The molecule has 1 aliphatic carbocycles. The number of halogens is 1. The summed E-state index contributed by atoms with van der Waals surface area (Å²) in [6, 6.07) is 8.11. The van der Waals surface area contributed by atoms with E-state index in [9.17, 15) is 0 Å². The van der Waals surface area contributed by atoms with Crippen molar-refractivity contribution in [3.8, 4) is 0 Å². The molecule has 0 aromatic heterocycles. The minimum atomic E-state index is 0.136. The zero-order valence-electron chi connectivity index (χ0n) is 13.1. The predicted octanol–water partition coefficient (Wildman–Crippen LogP) is 5.12. The summed E-state index contributed by atoms with van der Waals surface area (Å²) < 4.78 is 6.44. The van der Waals surface area contributed by atoms with Crippen LogP contribution in [0.1, 0.15) is 63.5 Å². The Kier molecular flexibility index (Phi) is 7.56. The number of nitrogens with one attached hydrogen (secondary N) is 1. The molecule has 1 N–H and O–H groups in total. The van der Waals surface area contributed by atoms with Crippen LogP contribution in [-0.4, -0.2) is 19.2 Å². The van der Waals surface area contributed by atoms with Gasteiger partial charge in [-0.3, -0.25) is 0 Å². The highest BCUT2D eigenvalue weighted by Gasteiger charge is 2.19. The highest BCUT2D eigenvalue weighted by Crippen LogP contribution is 2.27. The van der Waals surface area contributed by atoms with Crippen molar-refractivity contribution in [2.45, 2.75) is 64.1 Å². The van der Waals surface area contributed by atoms with Gasteiger partial charge in [0.15, 0.2) is 0 Å². The zero-order valence-corrected chi connectivity index (χ0v) is 13.9. The maximum atomic E-state index is 6.44. The quantitative estimate of drug-likeness (QED) is 0.557. The standard InChI is InChI=1S/C18H28ClNO/c1-2-13-20-14-18(15-9-11-16(19)12-10-15)21-17-7-5-3-4-6-8-17/h9-12,17-18,20H,2-8,13-14H2,1H3. The Morgan fingerprint density at radius 3 is 2.43 bits per heavy atom. The fourth-order valence-electron chi connectivity index (χ4n) is 2.94. The van der Waals surface area contributed by atoms with Crippen LogP contribution < -0.4 is 5.32 Å². The second-order valence-electron chi connectivity index (χ2n) is 5.99. The lowest BCUT2D eigenvalue weighted by Crippen LogP contribution is -2.27. The smallest absolute Gasteiger partial charge is 0.0952 e. The molecule has 1 aromatic carbocycles. The van der Waals surface area contributed by atoms with E-state index in [4.69, 9.17) is 16.3 Å². The largest absolute Gasteiger partial charge is 0.369 e. The Morgan fingerprint density at radius 1 is 1.14 bits per heavy atom. The van der Waals surface area contributed by atoms with Crippen molar-refractivity contribution < 1.29 is 4.74 Å². The summed E-state index contributed by atoms with van der Waals surface area (Å²) in [5.41, 5.74) is 1.23. The van der Waals surface area contributed by atoms with E-state index in [1.807, 2.05) is 12.1 Å². The predicted molar refractivity (Wildman–Crippen MR) is 89.9 cm³/mol. The fraction of sp³-hybridized carbons (Fsp3) is 0.667. The van der Waals surface area contributed by atoms with Crippen LogP contribution >= 0.6 is 11.6 Å². The Bertz CT molecular complexity index is 385. The van der Waals surface area contributed by atoms with Crippen molar-refractivity contribution in [1.82, 2.24) is 5.32 Å². The molecule has 1 atom stereocenters. The number of hydrogen-bond donors (Lipinski definition) is 1. The first-order chi connectivity index (χ1) is 10.3. The number of rotatable bonds is 7. The van der Waals surface area contributed by atoms with E-state index < -0.39 is 0 Å². The van der Waals surface area contributed by atoms with Crippen LogP contribution in [0, 0.1) is 0 Å².